The summed E-state index contributed by atoms with van der Waals surface area (Å²) in [5.41, 5.74) is 0.455. The minimum Gasteiger partial charge on any atom is -0.469 e. The van der Waals surface area contributed by atoms with Gasteiger partial charge in [0, 0.05) is 18.2 Å². The SMILES string of the molecule is COC(=O)CCN(C(=O)c1ccc(F)cc1)C1CCCCC1. The van der Waals surface area contributed by atoms with Gasteiger partial charge in [0.25, 0.3) is 5.91 Å². The highest BCUT2D eigenvalue weighted by Gasteiger charge is 2.26. The number of ether oxygens (including phenoxy) is 1. The van der Waals surface area contributed by atoms with Crippen molar-refractivity contribution >= 4 is 11.9 Å². The van der Waals surface area contributed by atoms with Crippen molar-refractivity contribution in [3.8, 4) is 0 Å². The molecule has 0 atom stereocenters. The monoisotopic (exact) mass is 307 g/mol. The van der Waals surface area contributed by atoms with Crippen LogP contribution in [0, 0.1) is 5.82 Å². The normalized spacial score (nSPS) is 15.4. The molecule has 1 aliphatic rings. The molecular weight excluding hydrogens is 285 g/mol. The van der Waals surface area contributed by atoms with Crippen LogP contribution in [0.25, 0.3) is 0 Å². The van der Waals surface area contributed by atoms with E-state index in [9.17, 15) is 14.0 Å². The lowest BCUT2D eigenvalue weighted by Gasteiger charge is -2.34. The highest BCUT2D eigenvalue weighted by atomic mass is 19.1. The van der Waals surface area contributed by atoms with Gasteiger partial charge in [0.05, 0.1) is 13.5 Å². The van der Waals surface area contributed by atoms with Crippen LogP contribution >= 0.6 is 0 Å². The van der Waals surface area contributed by atoms with Crippen molar-refractivity contribution in [3.63, 3.8) is 0 Å². The van der Waals surface area contributed by atoms with Gasteiger partial charge in [-0.15, -0.1) is 0 Å². The standard InChI is InChI=1S/C17H22FNO3/c1-22-16(20)11-12-19(15-5-3-2-4-6-15)17(21)13-7-9-14(18)10-8-13/h7-10,15H,2-6,11-12H2,1H3. The predicted molar refractivity (Wildman–Crippen MR) is 80.9 cm³/mol. The maximum absolute atomic E-state index is 13.0. The Hall–Kier alpha value is -1.91. The van der Waals surface area contributed by atoms with E-state index in [1.54, 1.807) is 4.90 Å². The highest BCUT2D eigenvalue weighted by Crippen LogP contribution is 2.24. The second kappa shape index (κ2) is 7.92. The van der Waals surface area contributed by atoms with Crippen LogP contribution in [-0.2, 0) is 9.53 Å². The Labute approximate surface area is 130 Å². The van der Waals surface area contributed by atoms with Crippen molar-refractivity contribution < 1.29 is 18.7 Å². The highest BCUT2D eigenvalue weighted by molar-refractivity contribution is 5.94. The molecule has 0 bridgehead atoms. The summed E-state index contributed by atoms with van der Waals surface area (Å²) in [7, 11) is 1.34. The number of benzene rings is 1. The molecule has 1 aliphatic carbocycles. The molecule has 0 aliphatic heterocycles. The molecule has 0 saturated heterocycles. The number of hydrogen-bond donors (Lipinski definition) is 0. The molecule has 1 saturated carbocycles. The summed E-state index contributed by atoms with van der Waals surface area (Å²) in [6, 6.07) is 5.70. The number of carbonyl (C=O) groups excluding carboxylic acids is 2. The van der Waals surface area contributed by atoms with Gasteiger partial charge < -0.3 is 9.64 Å². The molecule has 1 aromatic rings. The molecule has 0 radical (unpaired) electrons. The van der Waals surface area contributed by atoms with Crippen LogP contribution in [0.5, 0.6) is 0 Å². The topological polar surface area (TPSA) is 46.6 Å². The van der Waals surface area contributed by atoms with Crippen LogP contribution in [0.2, 0.25) is 0 Å². The number of halogens is 1. The van der Waals surface area contributed by atoms with E-state index in [0.29, 0.717) is 12.1 Å². The zero-order valence-electron chi connectivity index (χ0n) is 12.9. The zero-order valence-corrected chi connectivity index (χ0v) is 12.9. The van der Waals surface area contributed by atoms with E-state index >= 15 is 0 Å². The van der Waals surface area contributed by atoms with Gasteiger partial charge in [-0.05, 0) is 37.1 Å². The Kier molecular flexibility index (Phi) is 5.92. The summed E-state index contributed by atoms with van der Waals surface area (Å²) in [6.45, 7) is 0.341. The Balaban J connectivity index is 2.12. The summed E-state index contributed by atoms with van der Waals surface area (Å²) in [5.74, 6) is -0.834. The van der Waals surface area contributed by atoms with Crippen LogP contribution < -0.4 is 0 Å². The molecule has 120 valence electrons. The molecule has 5 heteroatoms. The molecule has 1 amide bonds. The first kappa shape index (κ1) is 16.5. The lowest BCUT2D eigenvalue weighted by Crippen LogP contribution is -2.42. The molecule has 1 aromatic carbocycles. The first-order valence-electron chi connectivity index (χ1n) is 7.75. The summed E-state index contributed by atoms with van der Waals surface area (Å²) in [5, 5.41) is 0. The molecule has 1 fully saturated rings. The van der Waals surface area contributed by atoms with E-state index in [1.807, 2.05) is 0 Å². The third kappa shape index (κ3) is 4.29. The molecule has 0 aromatic heterocycles. The number of methoxy groups -OCH3 is 1. The van der Waals surface area contributed by atoms with E-state index in [-0.39, 0.29) is 30.2 Å². The van der Waals surface area contributed by atoms with Crippen molar-refractivity contribution in [2.75, 3.05) is 13.7 Å². The van der Waals surface area contributed by atoms with Crippen LogP contribution in [0.4, 0.5) is 4.39 Å². The lowest BCUT2D eigenvalue weighted by atomic mass is 9.93. The van der Waals surface area contributed by atoms with Gasteiger partial charge in [-0.2, -0.15) is 0 Å². The summed E-state index contributed by atoms with van der Waals surface area (Å²) < 4.78 is 17.7. The minimum atomic E-state index is -0.365. The first-order valence-corrected chi connectivity index (χ1v) is 7.75. The van der Waals surface area contributed by atoms with Crippen LogP contribution in [0.15, 0.2) is 24.3 Å². The van der Waals surface area contributed by atoms with Crippen molar-refractivity contribution in [2.45, 2.75) is 44.6 Å². The Morgan fingerprint density at radius 2 is 1.82 bits per heavy atom. The van der Waals surface area contributed by atoms with E-state index in [4.69, 9.17) is 0 Å². The van der Waals surface area contributed by atoms with E-state index < -0.39 is 0 Å². The largest absolute Gasteiger partial charge is 0.469 e. The summed E-state index contributed by atoms with van der Waals surface area (Å²) in [4.78, 5) is 25.9. The Morgan fingerprint density at radius 3 is 2.41 bits per heavy atom. The maximum Gasteiger partial charge on any atom is 0.307 e. The number of esters is 1. The van der Waals surface area contributed by atoms with Crippen LogP contribution in [0.1, 0.15) is 48.9 Å². The van der Waals surface area contributed by atoms with Crippen molar-refractivity contribution in [2.24, 2.45) is 0 Å². The van der Waals surface area contributed by atoms with Crippen molar-refractivity contribution in [1.29, 1.82) is 0 Å². The van der Waals surface area contributed by atoms with E-state index in [2.05, 4.69) is 4.74 Å². The molecule has 0 unspecified atom stereocenters. The molecular formula is C17H22FNO3. The first-order chi connectivity index (χ1) is 10.6. The fourth-order valence-electron chi connectivity index (χ4n) is 2.91. The molecule has 0 N–H and O–H groups in total. The molecule has 4 nitrogen and oxygen atoms in total. The summed E-state index contributed by atoms with van der Waals surface area (Å²) in [6.07, 6.45) is 5.46. The third-order valence-corrected chi connectivity index (χ3v) is 4.15. The fourth-order valence-corrected chi connectivity index (χ4v) is 2.91. The third-order valence-electron chi connectivity index (χ3n) is 4.15. The van der Waals surface area contributed by atoms with Crippen LogP contribution in [0.3, 0.4) is 0 Å². The summed E-state index contributed by atoms with van der Waals surface area (Å²) >= 11 is 0. The van der Waals surface area contributed by atoms with Gasteiger partial charge >= 0.3 is 5.97 Å². The average molecular weight is 307 g/mol. The second-order valence-corrected chi connectivity index (χ2v) is 5.62. The predicted octanol–water partition coefficient (Wildman–Crippen LogP) is 3.16. The van der Waals surface area contributed by atoms with Gasteiger partial charge in [0.1, 0.15) is 5.82 Å². The van der Waals surface area contributed by atoms with E-state index in [0.717, 1.165) is 25.7 Å². The van der Waals surface area contributed by atoms with Gasteiger partial charge in [-0.25, -0.2) is 4.39 Å². The van der Waals surface area contributed by atoms with Crippen molar-refractivity contribution in [1.82, 2.24) is 4.90 Å². The van der Waals surface area contributed by atoms with Crippen LogP contribution in [-0.4, -0.2) is 36.5 Å². The average Bonchev–Trinajstić information content (AvgIpc) is 2.56. The number of amides is 1. The zero-order chi connectivity index (χ0) is 15.9. The van der Waals surface area contributed by atoms with E-state index in [1.165, 1.54) is 37.8 Å². The van der Waals surface area contributed by atoms with Gasteiger partial charge in [-0.3, -0.25) is 9.59 Å². The number of nitrogens with zero attached hydrogens (tertiary/aromatic N) is 1. The molecule has 0 spiro atoms. The molecule has 22 heavy (non-hydrogen) atoms. The number of carbonyl (C=O) groups is 2. The van der Waals surface area contributed by atoms with Crippen molar-refractivity contribution in [3.05, 3.63) is 35.6 Å². The minimum absolute atomic E-state index is 0.143. The van der Waals surface area contributed by atoms with Gasteiger partial charge in [0.15, 0.2) is 0 Å². The van der Waals surface area contributed by atoms with Gasteiger partial charge in [-0.1, -0.05) is 19.3 Å². The number of rotatable bonds is 5. The molecule has 2 rings (SSSR count). The fraction of sp³-hybridized carbons (Fsp3) is 0.529. The maximum atomic E-state index is 13.0. The quantitative estimate of drug-likeness (QED) is 0.785. The number of hydrogen-bond acceptors (Lipinski definition) is 3. The van der Waals surface area contributed by atoms with Gasteiger partial charge in [0.2, 0.25) is 0 Å². The smallest absolute Gasteiger partial charge is 0.307 e. The lowest BCUT2D eigenvalue weighted by molar-refractivity contribution is -0.140. The second-order valence-electron chi connectivity index (χ2n) is 5.62. The Morgan fingerprint density at radius 1 is 1.18 bits per heavy atom. The molecule has 0 heterocycles. The Bertz CT molecular complexity index is 509.